The third-order valence-corrected chi connectivity index (χ3v) is 8.65. The van der Waals surface area contributed by atoms with Crippen LogP contribution < -0.4 is 5.32 Å². The summed E-state index contributed by atoms with van der Waals surface area (Å²) in [6.07, 6.45) is -2.32. The number of amides is 1. The van der Waals surface area contributed by atoms with Crippen LogP contribution in [0, 0.1) is 0 Å². The predicted octanol–water partition coefficient (Wildman–Crippen LogP) is 5.76. The van der Waals surface area contributed by atoms with Crippen LogP contribution in [0.1, 0.15) is 28.9 Å². The van der Waals surface area contributed by atoms with Gasteiger partial charge < -0.3 is 5.32 Å². The van der Waals surface area contributed by atoms with E-state index in [9.17, 15) is 26.4 Å². The number of carbonyl (C=O) groups excluding carboxylic acids is 1. The molecule has 14 heteroatoms. The Morgan fingerprint density at radius 1 is 1.00 bits per heavy atom. The summed E-state index contributed by atoms with van der Waals surface area (Å²) in [6.45, 7) is 0.825. The van der Waals surface area contributed by atoms with Gasteiger partial charge in [-0.2, -0.15) is 22.6 Å². The summed E-state index contributed by atoms with van der Waals surface area (Å²) in [6, 6.07) is 10.7. The van der Waals surface area contributed by atoms with Crippen molar-refractivity contribution in [1.29, 1.82) is 0 Å². The molecule has 1 aliphatic heterocycles. The van der Waals surface area contributed by atoms with Crippen molar-refractivity contribution in [3.63, 3.8) is 0 Å². The average molecular weight is 584 g/mol. The zero-order valence-corrected chi connectivity index (χ0v) is 21.7. The second-order valence-electron chi connectivity index (χ2n) is 8.54. The van der Waals surface area contributed by atoms with Gasteiger partial charge >= 0.3 is 6.18 Å². The Morgan fingerprint density at radius 3 is 2.42 bits per heavy atom. The van der Waals surface area contributed by atoms with Crippen LogP contribution in [-0.4, -0.2) is 46.3 Å². The van der Waals surface area contributed by atoms with Gasteiger partial charge in [0.25, 0.3) is 5.91 Å². The molecule has 1 amide bonds. The molecule has 1 fully saturated rings. The van der Waals surface area contributed by atoms with Gasteiger partial charge in [0.15, 0.2) is 11.3 Å². The first-order chi connectivity index (χ1) is 17.9. The average Bonchev–Trinajstić information content (AvgIpc) is 3.55. The number of nitrogens with one attached hydrogen (secondary N) is 1. The lowest BCUT2D eigenvalue weighted by atomic mass is 10.1. The zero-order valence-electron chi connectivity index (χ0n) is 19.3. The lowest BCUT2D eigenvalue weighted by molar-refractivity contribution is -0.142. The third kappa shape index (κ3) is 4.96. The summed E-state index contributed by atoms with van der Waals surface area (Å²) >= 11 is 12.0. The number of rotatable bonds is 5. The molecule has 0 atom stereocenters. The van der Waals surface area contributed by atoms with Crippen LogP contribution in [-0.2, 0) is 16.2 Å². The molecule has 198 valence electrons. The maximum absolute atomic E-state index is 13.9. The topological polar surface area (TPSA) is 96.7 Å². The minimum absolute atomic E-state index is 0.00329. The monoisotopic (exact) mass is 583 g/mol. The lowest BCUT2D eigenvalue weighted by Gasteiger charge is -2.16. The molecule has 4 aromatic rings. The molecule has 2 aromatic heterocycles. The lowest BCUT2D eigenvalue weighted by Crippen LogP contribution is -2.27. The van der Waals surface area contributed by atoms with Gasteiger partial charge in [-0.15, -0.1) is 0 Å². The number of sulfonamides is 1. The van der Waals surface area contributed by atoms with Crippen LogP contribution in [0.3, 0.4) is 0 Å². The molecule has 0 spiro atoms. The van der Waals surface area contributed by atoms with Crippen molar-refractivity contribution in [2.45, 2.75) is 23.9 Å². The van der Waals surface area contributed by atoms with Gasteiger partial charge in [-0.25, -0.2) is 17.9 Å². The Morgan fingerprint density at radius 2 is 1.74 bits per heavy atom. The molecule has 2 aromatic carbocycles. The quantitative estimate of drug-likeness (QED) is 0.322. The Labute approximate surface area is 225 Å². The van der Waals surface area contributed by atoms with Crippen LogP contribution in [0.25, 0.3) is 16.9 Å². The van der Waals surface area contributed by atoms with Crippen molar-refractivity contribution in [2.75, 3.05) is 18.4 Å². The van der Waals surface area contributed by atoms with Crippen LogP contribution >= 0.6 is 23.2 Å². The van der Waals surface area contributed by atoms with Gasteiger partial charge in [0.1, 0.15) is 5.56 Å². The minimum Gasteiger partial charge on any atom is -0.322 e. The first-order valence-corrected chi connectivity index (χ1v) is 13.5. The normalized spacial score (nSPS) is 14.8. The summed E-state index contributed by atoms with van der Waals surface area (Å²) < 4.78 is 69.4. The summed E-state index contributed by atoms with van der Waals surface area (Å²) in [5.41, 5.74) is -1.45. The Balaban J connectivity index is 1.53. The van der Waals surface area contributed by atoms with E-state index in [-0.39, 0.29) is 43.1 Å². The molecule has 0 radical (unpaired) electrons. The highest BCUT2D eigenvalue weighted by Gasteiger charge is 2.36. The largest absolute Gasteiger partial charge is 0.433 e. The van der Waals surface area contributed by atoms with E-state index in [4.69, 9.17) is 23.2 Å². The van der Waals surface area contributed by atoms with Crippen molar-refractivity contribution in [3.8, 4) is 11.3 Å². The number of fused-ring (bicyclic) bond motifs is 1. The number of benzene rings is 2. The molecule has 8 nitrogen and oxygen atoms in total. The molecule has 0 unspecified atom stereocenters. The van der Waals surface area contributed by atoms with Crippen LogP contribution in [0.5, 0.6) is 0 Å². The van der Waals surface area contributed by atoms with Gasteiger partial charge in [-0.3, -0.25) is 4.79 Å². The molecule has 0 saturated carbocycles. The smallest absolute Gasteiger partial charge is 0.322 e. The predicted molar refractivity (Wildman–Crippen MR) is 136 cm³/mol. The minimum atomic E-state index is -4.82. The molecule has 1 N–H and O–H groups in total. The van der Waals surface area contributed by atoms with E-state index in [1.807, 2.05) is 0 Å². The number of aromatic nitrogens is 3. The summed E-state index contributed by atoms with van der Waals surface area (Å²) in [5.74, 6) is -0.817. The fourth-order valence-corrected chi connectivity index (χ4v) is 6.00. The molecular formula is C24H18Cl2F3N5O3S. The fourth-order valence-electron chi connectivity index (χ4n) is 4.14. The Hall–Kier alpha value is -3.19. The standard InChI is InChI=1S/C24H18Cl2F3N5O3S/c25-18-7-6-14(10-19(18)26)20-12-21(24(27,28)29)34-22(32-20)17(13-30-34)23(35)31-15-4-3-5-16(11-15)38(36,37)33-8-1-2-9-33/h3-7,10-13H,1-2,8-9H2,(H,31,35). The van der Waals surface area contributed by atoms with Crippen molar-refractivity contribution >= 4 is 50.5 Å². The Bertz CT molecular complexity index is 1670. The highest BCUT2D eigenvalue weighted by atomic mass is 35.5. The summed E-state index contributed by atoms with van der Waals surface area (Å²) in [4.78, 5) is 17.4. The van der Waals surface area contributed by atoms with E-state index < -0.39 is 27.8 Å². The zero-order chi connectivity index (χ0) is 27.2. The van der Waals surface area contributed by atoms with Crippen molar-refractivity contribution < 1.29 is 26.4 Å². The number of carbonyl (C=O) groups is 1. The van der Waals surface area contributed by atoms with E-state index in [0.717, 1.165) is 25.1 Å². The van der Waals surface area contributed by atoms with Gasteiger partial charge in [-0.1, -0.05) is 35.3 Å². The van der Waals surface area contributed by atoms with E-state index in [1.54, 1.807) is 0 Å². The van der Waals surface area contributed by atoms with Crippen LogP contribution in [0.2, 0.25) is 10.0 Å². The molecule has 38 heavy (non-hydrogen) atoms. The molecule has 0 bridgehead atoms. The van der Waals surface area contributed by atoms with Crippen molar-refractivity contribution in [2.24, 2.45) is 0 Å². The molecule has 1 saturated heterocycles. The van der Waals surface area contributed by atoms with E-state index in [1.165, 1.54) is 46.8 Å². The summed E-state index contributed by atoms with van der Waals surface area (Å²) in [5, 5.41) is 6.62. The van der Waals surface area contributed by atoms with Gasteiger partial charge in [0.2, 0.25) is 10.0 Å². The Kier molecular flexibility index (Phi) is 6.84. The van der Waals surface area contributed by atoms with Crippen LogP contribution in [0.4, 0.5) is 18.9 Å². The number of halogens is 5. The maximum atomic E-state index is 13.9. The SMILES string of the molecule is O=C(Nc1cccc(S(=O)(=O)N2CCCC2)c1)c1cnn2c(C(F)(F)F)cc(-c3ccc(Cl)c(Cl)c3)nc12. The van der Waals surface area contributed by atoms with Gasteiger partial charge in [0.05, 0.1) is 26.8 Å². The van der Waals surface area contributed by atoms with E-state index in [2.05, 4.69) is 15.4 Å². The number of hydrogen-bond donors (Lipinski definition) is 1. The molecular weight excluding hydrogens is 566 g/mol. The highest BCUT2D eigenvalue weighted by molar-refractivity contribution is 7.89. The number of hydrogen-bond acceptors (Lipinski definition) is 5. The second-order valence-corrected chi connectivity index (χ2v) is 11.3. The first kappa shape index (κ1) is 26.4. The van der Waals surface area contributed by atoms with Gasteiger partial charge in [-0.05, 0) is 49.2 Å². The van der Waals surface area contributed by atoms with E-state index in [0.29, 0.717) is 17.6 Å². The van der Waals surface area contributed by atoms with Crippen molar-refractivity contribution in [3.05, 3.63) is 76.0 Å². The molecule has 1 aliphatic rings. The van der Waals surface area contributed by atoms with Gasteiger partial charge in [0, 0.05) is 24.3 Å². The number of nitrogens with zero attached hydrogens (tertiary/aromatic N) is 4. The first-order valence-electron chi connectivity index (χ1n) is 11.3. The molecule has 0 aliphatic carbocycles. The second kappa shape index (κ2) is 9.84. The summed E-state index contributed by atoms with van der Waals surface area (Å²) in [7, 11) is -3.74. The molecule has 5 rings (SSSR count). The van der Waals surface area contributed by atoms with Crippen molar-refractivity contribution in [1.82, 2.24) is 18.9 Å². The fraction of sp³-hybridized carbons (Fsp3) is 0.208. The highest BCUT2D eigenvalue weighted by Crippen LogP contribution is 2.34. The number of alkyl halides is 3. The third-order valence-electron chi connectivity index (χ3n) is 6.02. The molecule has 3 heterocycles. The maximum Gasteiger partial charge on any atom is 0.433 e. The van der Waals surface area contributed by atoms with E-state index >= 15 is 0 Å². The number of anilines is 1. The van der Waals surface area contributed by atoms with Crippen LogP contribution in [0.15, 0.2) is 59.6 Å².